The van der Waals surface area contributed by atoms with E-state index in [2.05, 4.69) is 20.5 Å². The molecule has 0 spiro atoms. The summed E-state index contributed by atoms with van der Waals surface area (Å²) in [4.78, 5) is 31.2. The van der Waals surface area contributed by atoms with Gasteiger partial charge in [-0.1, -0.05) is 16.4 Å². The fraction of sp³-hybridized carbons (Fsp3) is 0.304. The Balaban J connectivity index is 1.31. The first kappa shape index (κ1) is 21.7. The minimum atomic E-state index is -1.01. The molecule has 3 heterocycles. The summed E-state index contributed by atoms with van der Waals surface area (Å²) in [5, 5.41) is 13.3. The number of halogens is 1. The lowest BCUT2D eigenvalue weighted by Crippen LogP contribution is -2.39. The molecule has 0 aliphatic carbocycles. The first-order valence-electron chi connectivity index (χ1n) is 10.7. The molecule has 11 heteroatoms. The summed E-state index contributed by atoms with van der Waals surface area (Å²) in [5.74, 6) is -0.297. The molecule has 1 aromatic heterocycles. The Bertz CT molecular complexity index is 1290. The van der Waals surface area contributed by atoms with E-state index in [1.807, 2.05) is 38.1 Å². The Morgan fingerprint density at radius 1 is 1.12 bits per heavy atom. The smallest absolute Gasteiger partial charge is 0.263 e. The predicted molar refractivity (Wildman–Crippen MR) is 117 cm³/mol. The minimum Gasteiger partial charge on any atom is -0.491 e. The first-order valence-corrected chi connectivity index (χ1v) is 10.7. The van der Waals surface area contributed by atoms with E-state index in [9.17, 15) is 14.0 Å². The van der Waals surface area contributed by atoms with Gasteiger partial charge in [0.25, 0.3) is 11.8 Å². The number of hydrogen-bond acceptors (Lipinski definition) is 9. The molecule has 2 atom stereocenters. The predicted octanol–water partition coefficient (Wildman–Crippen LogP) is 3.46. The van der Waals surface area contributed by atoms with E-state index in [4.69, 9.17) is 9.26 Å². The largest absolute Gasteiger partial charge is 0.491 e. The second kappa shape index (κ2) is 8.32. The van der Waals surface area contributed by atoms with Crippen molar-refractivity contribution in [2.45, 2.75) is 45.5 Å². The van der Waals surface area contributed by atoms with Crippen LogP contribution >= 0.6 is 0 Å². The maximum atomic E-state index is 14.0. The van der Waals surface area contributed by atoms with Crippen molar-refractivity contribution in [2.75, 3.05) is 4.90 Å². The van der Waals surface area contributed by atoms with Gasteiger partial charge in [0.15, 0.2) is 12.1 Å². The Morgan fingerprint density at radius 3 is 2.59 bits per heavy atom. The van der Waals surface area contributed by atoms with Gasteiger partial charge in [0.2, 0.25) is 11.7 Å². The first-order chi connectivity index (χ1) is 16.3. The summed E-state index contributed by atoms with van der Waals surface area (Å²) in [7, 11) is 0. The molecule has 5 rings (SSSR count). The number of rotatable bonds is 6. The van der Waals surface area contributed by atoms with Gasteiger partial charge in [-0.05, 0) is 62.7 Å². The quantitative estimate of drug-likeness (QED) is 0.513. The second-order valence-electron chi connectivity index (χ2n) is 8.34. The van der Waals surface area contributed by atoms with Gasteiger partial charge in [0, 0.05) is 5.56 Å². The van der Waals surface area contributed by atoms with Crippen molar-refractivity contribution in [1.82, 2.24) is 15.1 Å². The number of aromatic nitrogens is 2. The molecule has 2 aromatic carbocycles. The normalized spacial score (nSPS) is 19.4. The number of fused-ring (bicyclic) bond motifs is 1. The molecular formula is C23H21FN6O4. The van der Waals surface area contributed by atoms with Crippen molar-refractivity contribution < 1.29 is 23.2 Å². The summed E-state index contributed by atoms with van der Waals surface area (Å²) in [6.45, 7) is 5.48. The van der Waals surface area contributed by atoms with Crippen molar-refractivity contribution in [3.63, 3.8) is 0 Å². The molecule has 3 aromatic rings. The molecule has 2 amide bonds. The highest BCUT2D eigenvalue weighted by Crippen LogP contribution is 2.33. The van der Waals surface area contributed by atoms with E-state index in [0.717, 1.165) is 22.3 Å². The van der Waals surface area contributed by atoms with Gasteiger partial charge in [-0.25, -0.2) is 9.29 Å². The van der Waals surface area contributed by atoms with E-state index in [1.165, 1.54) is 17.1 Å². The molecular weight excluding hydrogens is 443 g/mol. The van der Waals surface area contributed by atoms with Crippen LogP contribution in [-0.2, 0) is 16.1 Å². The maximum absolute atomic E-state index is 14.0. The molecule has 2 aliphatic heterocycles. The number of carbonyl (C=O) groups is 2. The highest BCUT2D eigenvalue weighted by atomic mass is 19.1. The Hall–Kier alpha value is -4.15. The zero-order chi connectivity index (χ0) is 24.0. The van der Waals surface area contributed by atoms with Crippen molar-refractivity contribution >= 4 is 17.5 Å². The number of anilines is 1. The lowest BCUT2D eigenvalue weighted by atomic mass is 10.1. The summed E-state index contributed by atoms with van der Waals surface area (Å²) in [5.41, 5.74) is 1.30. The van der Waals surface area contributed by atoms with Crippen LogP contribution in [0.5, 0.6) is 5.75 Å². The second-order valence-corrected chi connectivity index (χ2v) is 8.34. The topological polar surface area (TPSA) is 113 Å². The van der Waals surface area contributed by atoms with Crippen LogP contribution in [0.4, 0.5) is 10.1 Å². The van der Waals surface area contributed by atoms with Crippen molar-refractivity contribution in [1.29, 1.82) is 0 Å². The maximum Gasteiger partial charge on any atom is 0.263 e. The average Bonchev–Trinajstić information content (AvgIpc) is 3.49. The van der Waals surface area contributed by atoms with Crippen LogP contribution in [0.1, 0.15) is 25.3 Å². The van der Waals surface area contributed by atoms with E-state index in [1.54, 1.807) is 6.92 Å². The SMILES string of the molecule is Cc1ccc(N2C(=O)[C@H]3N=NN(Cc4nc(-c5ccc(OC(C)C)cc5)no4)[C@@H]3C2=O)cc1F. The molecule has 2 aliphatic rings. The molecule has 34 heavy (non-hydrogen) atoms. The lowest BCUT2D eigenvalue weighted by molar-refractivity contribution is -0.123. The molecule has 0 N–H and O–H groups in total. The molecule has 0 radical (unpaired) electrons. The lowest BCUT2D eigenvalue weighted by Gasteiger charge is -2.19. The van der Waals surface area contributed by atoms with Crippen LogP contribution < -0.4 is 9.64 Å². The summed E-state index contributed by atoms with van der Waals surface area (Å²) < 4.78 is 25.0. The van der Waals surface area contributed by atoms with Gasteiger partial charge < -0.3 is 9.26 Å². The average molecular weight is 464 g/mol. The number of aryl methyl sites for hydroxylation is 1. The van der Waals surface area contributed by atoms with Crippen LogP contribution in [0.2, 0.25) is 0 Å². The summed E-state index contributed by atoms with van der Waals surface area (Å²) >= 11 is 0. The fourth-order valence-corrected chi connectivity index (χ4v) is 3.86. The minimum absolute atomic E-state index is 0.0126. The van der Waals surface area contributed by atoms with Crippen molar-refractivity contribution in [3.8, 4) is 17.1 Å². The molecule has 0 bridgehead atoms. The van der Waals surface area contributed by atoms with E-state index >= 15 is 0 Å². The number of imide groups is 1. The third kappa shape index (κ3) is 3.78. The standard InChI is InChI=1S/C23H21FN6O4/c1-12(2)33-16-8-5-14(6-9-16)21-25-18(34-27-21)11-29-20-19(26-28-29)22(31)30(23(20)32)15-7-4-13(3)17(24)10-15/h4-10,12,19-20H,11H2,1-3H3/t19-,20-/m0/s1. The van der Waals surface area contributed by atoms with Crippen LogP contribution in [0, 0.1) is 12.7 Å². The third-order valence-corrected chi connectivity index (χ3v) is 5.52. The molecule has 1 saturated heterocycles. The van der Waals surface area contributed by atoms with E-state index < -0.39 is 29.7 Å². The van der Waals surface area contributed by atoms with Crippen LogP contribution in [0.3, 0.4) is 0 Å². The zero-order valence-electron chi connectivity index (χ0n) is 18.7. The number of carbonyl (C=O) groups excluding carboxylic acids is 2. The van der Waals surface area contributed by atoms with Gasteiger partial charge in [-0.2, -0.15) is 10.1 Å². The number of nitrogens with zero attached hydrogens (tertiary/aromatic N) is 6. The van der Waals surface area contributed by atoms with Crippen LogP contribution in [0.25, 0.3) is 11.4 Å². The number of amides is 2. The highest BCUT2D eigenvalue weighted by Gasteiger charge is 2.55. The van der Waals surface area contributed by atoms with Gasteiger partial charge in [-0.15, -0.1) is 0 Å². The fourth-order valence-electron chi connectivity index (χ4n) is 3.86. The van der Waals surface area contributed by atoms with Gasteiger partial charge >= 0.3 is 0 Å². The third-order valence-electron chi connectivity index (χ3n) is 5.52. The Morgan fingerprint density at radius 2 is 1.88 bits per heavy atom. The van der Waals surface area contributed by atoms with Crippen LogP contribution in [-0.4, -0.2) is 45.2 Å². The number of benzene rings is 2. The van der Waals surface area contributed by atoms with Gasteiger partial charge in [0.1, 0.15) is 18.1 Å². The van der Waals surface area contributed by atoms with Crippen molar-refractivity contribution in [2.24, 2.45) is 10.3 Å². The monoisotopic (exact) mass is 464 g/mol. The van der Waals surface area contributed by atoms with E-state index in [0.29, 0.717) is 11.4 Å². The molecule has 0 saturated carbocycles. The molecule has 174 valence electrons. The summed E-state index contributed by atoms with van der Waals surface area (Å²) in [6.07, 6.45) is 0.0622. The summed E-state index contributed by atoms with van der Waals surface area (Å²) in [6, 6.07) is 9.50. The van der Waals surface area contributed by atoms with Crippen molar-refractivity contribution in [3.05, 3.63) is 59.7 Å². The molecule has 1 fully saturated rings. The Labute approximate surface area is 194 Å². The zero-order valence-corrected chi connectivity index (χ0v) is 18.7. The molecule has 0 unspecified atom stereocenters. The van der Waals surface area contributed by atoms with Crippen LogP contribution in [0.15, 0.2) is 57.3 Å². The number of hydrogen-bond donors (Lipinski definition) is 0. The number of ether oxygens (including phenoxy) is 1. The van der Waals surface area contributed by atoms with Gasteiger partial charge in [-0.3, -0.25) is 14.6 Å². The van der Waals surface area contributed by atoms with Gasteiger partial charge in [0.05, 0.1) is 11.8 Å². The highest BCUT2D eigenvalue weighted by molar-refractivity contribution is 6.25. The molecule has 10 nitrogen and oxygen atoms in total. The van der Waals surface area contributed by atoms with E-state index in [-0.39, 0.29) is 24.2 Å². The Kier molecular flexibility index (Phi) is 5.31.